The number of aryl methyl sites for hydroxylation is 2. The fourth-order valence-electron chi connectivity index (χ4n) is 3.91. The number of amides is 2. The molecule has 7 nitrogen and oxygen atoms in total. The van der Waals surface area contributed by atoms with Crippen LogP contribution in [0.1, 0.15) is 24.2 Å². The van der Waals surface area contributed by atoms with Gasteiger partial charge in [0, 0.05) is 39.8 Å². The van der Waals surface area contributed by atoms with Crippen LogP contribution in [0.2, 0.25) is 0 Å². The lowest BCUT2D eigenvalue weighted by atomic mass is 10.1. The topological polar surface area (TPSA) is 67.7 Å². The molecule has 0 spiro atoms. The number of carbonyl (C=O) groups excluding carboxylic acids is 2. The Kier molecular flexibility index (Phi) is 4.86. The summed E-state index contributed by atoms with van der Waals surface area (Å²) < 4.78 is 7.53. The SMILES string of the molecule is Cc1nc2cc(CC(=O)N3CCN(C(=O)C4CCCO4)CC3)ccc2n1C. The van der Waals surface area contributed by atoms with Crippen molar-refractivity contribution >= 4 is 22.8 Å². The second kappa shape index (κ2) is 7.31. The minimum absolute atomic E-state index is 0.0792. The van der Waals surface area contributed by atoms with Crippen LogP contribution < -0.4 is 0 Å². The molecule has 27 heavy (non-hydrogen) atoms. The van der Waals surface area contributed by atoms with Crippen molar-refractivity contribution in [3.63, 3.8) is 0 Å². The monoisotopic (exact) mass is 370 g/mol. The summed E-state index contributed by atoms with van der Waals surface area (Å²) in [5.41, 5.74) is 2.97. The molecule has 2 aliphatic heterocycles. The van der Waals surface area contributed by atoms with Gasteiger partial charge in [-0.15, -0.1) is 0 Å². The molecule has 0 N–H and O–H groups in total. The zero-order valence-electron chi connectivity index (χ0n) is 16.0. The molecule has 3 heterocycles. The maximum Gasteiger partial charge on any atom is 0.251 e. The highest BCUT2D eigenvalue weighted by Crippen LogP contribution is 2.18. The molecule has 0 bridgehead atoms. The van der Waals surface area contributed by atoms with E-state index in [0.29, 0.717) is 39.2 Å². The summed E-state index contributed by atoms with van der Waals surface area (Å²) in [5, 5.41) is 0. The number of hydrogen-bond donors (Lipinski definition) is 0. The van der Waals surface area contributed by atoms with Gasteiger partial charge in [-0.1, -0.05) is 6.07 Å². The van der Waals surface area contributed by atoms with Crippen molar-refractivity contribution < 1.29 is 14.3 Å². The van der Waals surface area contributed by atoms with Gasteiger partial charge in [0.25, 0.3) is 5.91 Å². The summed E-state index contributed by atoms with van der Waals surface area (Å²) in [5.74, 6) is 1.14. The van der Waals surface area contributed by atoms with E-state index in [1.807, 2.05) is 46.5 Å². The van der Waals surface area contributed by atoms with Crippen LogP contribution in [0.4, 0.5) is 0 Å². The zero-order valence-corrected chi connectivity index (χ0v) is 16.0. The minimum Gasteiger partial charge on any atom is -0.368 e. The first kappa shape index (κ1) is 18.0. The van der Waals surface area contributed by atoms with E-state index < -0.39 is 0 Å². The number of nitrogens with zero attached hydrogens (tertiary/aromatic N) is 4. The van der Waals surface area contributed by atoms with Crippen molar-refractivity contribution in [2.45, 2.75) is 32.3 Å². The maximum atomic E-state index is 12.7. The van der Waals surface area contributed by atoms with Gasteiger partial charge in [-0.2, -0.15) is 0 Å². The van der Waals surface area contributed by atoms with E-state index in [2.05, 4.69) is 4.98 Å². The largest absolute Gasteiger partial charge is 0.368 e. The molecule has 2 aromatic rings. The fourth-order valence-corrected chi connectivity index (χ4v) is 3.91. The van der Waals surface area contributed by atoms with Gasteiger partial charge in [-0.25, -0.2) is 4.98 Å². The number of ether oxygens (including phenoxy) is 1. The lowest BCUT2D eigenvalue weighted by Crippen LogP contribution is -2.53. The highest BCUT2D eigenvalue weighted by molar-refractivity contribution is 5.83. The molecule has 0 radical (unpaired) electrons. The average Bonchev–Trinajstić information content (AvgIpc) is 3.30. The molecule has 1 aromatic heterocycles. The van der Waals surface area contributed by atoms with Gasteiger partial charge in [-0.05, 0) is 37.5 Å². The average molecular weight is 370 g/mol. The molecule has 4 rings (SSSR count). The van der Waals surface area contributed by atoms with Crippen LogP contribution in [0.25, 0.3) is 11.0 Å². The van der Waals surface area contributed by atoms with Gasteiger partial charge >= 0.3 is 0 Å². The molecular weight excluding hydrogens is 344 g/mol. The number of aromatic nitrogens is 2. The smallest absolute Gasteiger partial charge is 0.251 e. The van der Waals surface area contributed by atoms with Gasteiger partial charge < -0.3 is 19.1 Å². The Morgan fingerprint density at radius 3 is 2.63 bits per heavy atom. The van der Waals surface area contributed by atoms with E-state index in [4.69, 9.17) is 4.74 Å². The predicted molar refractivity (Wildman–Crippen MR) is 101 cm³/mol. The third-order valence-corrected chi connectivity index (χ3v) is 5.67. The van der Waals surface area contributed by atoms with Crippen molar-refractivity contribution in [1.82, 2.24) is 19.4 Å². The number of hydrogen-bond acceptors (Lipinski definition) is 4. The molecule has 1 aromatic carbocycles. The summed E-state index contributed by atoms with van der Waals surface area (Å²) in [7, 11) is 1.99. The number of imidazole rings is 1. The number of benzene rings is 1. The molecule has 2 fully saturated rings. The van der Waals surface area contributed by atoms with Gasteiger partial charge in [0.2, 0.25) is 5.91 Å². The van der Waals surface area contributed by atoms with E-state index in [1.54, 1.807) is 0 Å². The van der Waals surface area contributed by atoms with Crippen LogP contribution in [-0.4, -0.2) is 70.1 Å². The lowest BCUT2D eigenvalue weighted by Gasteiger charge is -2.35. The van der Waals surface area contributed by atoms with Crippen molar-refractivity contribution in [2.24, 2.45) is 7.05 Å². The Bertz CT molecular complexity index is 861. The highest BCUT2D eigenvalue weighted by Gasteiger charge is 2.31. The Labute approximate surface area is 158 Å². The predicted octanol–water partition coefficient (Wildman–Crippen LogP) is 1.27. The standard InChI is InChI=1S/C20H26N4O3/c1-14-21-16-12-15(5-6-17(16)22(14)2)13-19(25)23-7-9-24(10-8-23)20(26)18-4-3-11-27-18/h5-6,12,18H,3-4,7-11,13H2,1-2H3. The molecule has 0 aliphatic carbocycles. The molecule has 2 aliphatic rings. The third-order valence-electron chi connectivity index (χ3n) is 5.67. The van der Waals surface area contributed by atoms with Crippen LogP contribution in [0.3, 0.4) is 0 Å². The van der Waals surface area contributed by atoms with E-state index in [-0.39, 0.29) is 17.9 Å². The summed E-state index contributed by atoms with van der Waals surface area (Å²) in [6.07, 6.45) is 1.86. The number of rotatable bonds is 3. The van der Waals surface area contributed by atoms with Crippen LogP contribution >= 0.6 is 0 Å². The Morgan fingerprint density at radius 2 is 1.93 bits per heavy atom. The first-order valence-corrected chi connectivity index (χ1v) is 9.63. The molecule has 1 atom stereocenters. The van der Waals surface area contributed by atoms with Crippen molar-refractivity contribution in [1.29, 1.82) is 0 Å². The van der Waals surface area contributed by atoms with Crippen LogP contribution in [0.5, 0.6) is 0 Å². The quantitative estimate of drug-likeness (QED) is 0.816. The molecule has 2 amide bonds. The van der Waals surface area contributed by atoms with Gasteiger partial charge in [0.15, 0.2) is 0 Å². The molecule has 2 saturated heterocycles. The summed E-state index contributed by atoms with van der Waals surface area (Å²) in [4.78, 5) is 33.3. The molecule has 0 saturated carbocycles. The van der Waals surface area contributed by atoms with Crippen LogP contribution in [-0.2, 0) is 27.8 Å². The summed E-state index contributed by atoms with van der Waals surface area (Å²) in [6.45, 7) is 4.99. The zero-order chi connectivity index (χ0) is 19.0. The summed E-state index contributed by atoms with van der Waals surface area (Å²) >= 11 is 0. The van der Waals surface area contributed by atoms with E-state index in [9.17, 15) is 9.59 Å². The number of carbonyl (C=O) groups is 2. The summed E-state index contributed by atoms with van der Waals surface area (Å²) in [6, 6.07) is 6.02. The van der Waals surface area contributed by atoms with E-state index >= 15 is 0 Å². The maximum absolute atomic E-state index is 12.7. The highest BCUT2D eigenvalue weighted by atomic mass is 16.5. The molecule has 144 valence electrons. The second-order valence-electron chi connectivity index (χ2n) is 7.43. The van der Waals surface area contributed by atoms with Gasteiger partial charge in [0.1, 0.15) is 11.9 Å². The third kappa shape index (κ3) is 3.56. The van der Waals surface area contributed by atoms with E-state index in [1.165, 1.54) is 0 Å². The fraction of sp³-hybridized carbons (Fsp3) is 0.550. The van der Waals surface area contributed by atoms with Crippen LogP contribution in [0, 0.1) is 6.92 Å². The Morgan fingerprint density at radius 1 is 1.19 bits per heavy atom. The van der Waals surface area contributed by atoms with Crippen LogP contribution in [0.15, 0.2) is 18.2 Å². The first-order chi connectivity index (χ1) is 13.0. The van der Waals surface area contributed by atoms with Gasteiger partial charge in [-0.3, -0.25) is 9.59 Å². The lowest BCUT2D eigenvalue weighted by molar-refractivity contribution is -0.145. The van der Waals surface area contributed by atoms with E-state index in [0.717, 1.165) is 35.3 Å². The van der Waals surface area contributed by atoms with Crippen molar-refractivity contribution in [3.8, 4) is 0 Å². The minimum atomic E-state index is -0.277. The molecule has 1 unspecified atom stereocenters. The molecule has 7 heteroatoms. The van der Waals surface area contributed by atoms with Gasteiger partial charge in [0.05, 0.1) is 17.5 Å². The molecular formula is C20H26N4O3. The van der Waals surface area contributed by atoms with Crippen molar-refractivity contribution in [2.75, 3.05) is 32.8 Å². The normalized spacial score (nSPS) is 20.4. The Hall–Kier alpha value is -2.41. The number of piperazine rings is 1. The second-order valence-corrected chi connectivity index (χ2v) is 7.43. The first-order valence-electron chi connectivity index (χ1n) is 9.63. The number of fused-ring (bicyclic) bond motifs is 1. The van der Waals surface area contributed by atoms with Crippen molar-refractivity contribution in [3.05, 3.63) is 29.6 Å². The Balaban J connectivity index is 1.35.